The maximum atomic E-state index is 13.0. The number of amides is 2. The van der Waals surface area contributed by atoms with E-state index in [4.69, 9.17) is 0 Å². The summed E-state index contributed by atoms with van der Waals surface area (Å²) in [4.78, 5) is 30.3. The van der Waals surface area contributed by atoms with E-state index in [1.54, 1.807) is 28.0 Å². The molecule has 6 heteroatoms. The molecule has 4 rings (SSSR count). The fourth-order valence-corrected chi connectivity index (χ4v) is 5.85. The lowest BCUT2D eigenvalue weighted by molar-refractivity contribution is -0.137. The van der Waals surface area contributed by atoms with Crippen LogP contribution in [0.25, 0.3) is 0 Å². The van der Waals surface area contributed by atoms with Gasteiger partial charge in [-0.25, -0.2) is 0 Å². The van der Waals surface area contributed by atoms with Crippen LogP contribution in [0.2, 0.25) is 0 Å². The summed E-state index contributed by atoms with van der Waals surface area (Å²) < 4.78 is 0. The van der Waals surface area contributed by atoms with E-state index >= 15 is 0 Å². The first-order chi connectivity index (χ1) is 13.0. The summed E-state index contributed by atoms with van der Waals surface area (Å²) in [7, 11) is 0. The van der Waals surface area contributed by atoms with Crippen LogP contribution in [-0.2, 0) is 9.59 Å². The highest BCUT2D eigenvalue weighted by atomic mass is 32.2. The number of aryl methyl sites for hydroxylation is 2. The highest BCUT2D eigenvalue weighted by Gasteiger charge is 2.49. The van der Waals surface area contributed by atoms with Gasteiger partial charge in [-0.3, -0.25) is 9.59 Å². The van der Waals surface area contributed by atoms with E-state index in [1.807, 2.05) is 32.0 Å². The molecule has 2 aliphatic rings. The molecule has 1 aliphatic carbocycles. The maximum absolute atomic E-state index is 13.0. The van der Waals surface area contributed by atoms with Crippen LogP contribution < -0.4 is 5.32 Å². The fraction of sp³-hybridized carbons (Fsp3) is 0.429. The van der Waals surface area contributed by atoms with Crippen LogP contribution in [0, 0.1) is 26.7 Å². The number of thioether (sulfide) groups is 1. The van der Waals surface area contributed by atoms with Gasteiger partial charge in [-0.1, -0.05) is 12.1 Å². The standard InChI is InChI=1S/C21H24N2O2S2/c1-12-5-4-6-17(14(12)3)22-20(24)18-10-26-11-23(18)21(25)16-9-15(16)19-8-7-13(2)27-19/h4-8,15-16,18H,9-11H2,1-3H3,(H,22,24)/t15-,16+,18-/m1/s1. The summed E-state index contributed by atoms with van der Waals surface area (Å²) in [5, 5.41) is 3.04. The number of hydrogen-bond donors (Lipinski definition) is 1. The predicted molar refractivity (Wildman–Crippen MR) is 112 cm³/mol. The maximum Gasteiger partial charge on any atom is 0.248 e. The zero-order chi connectivity index (χ0) is 19.1. The van der Waals surface area contributed by atoms with Crippen LogP contribution in [-0.4, -0.2) is 34.4 Å². The van der Waals surface area contributed by atoms with Crippen molar-refractivity contribution in [1.82, 2.24) is 4.90 Å². The van der Waals surface area contributed by atoms with Crippen LogP contribution >= 0.6 is 23.1 Å². The van der Waals surface area contributed by atoms with Crippen LogP contribution in [0.4, 0.5) is 5.69 Å². The van der Waals surface area contributed by atoms with Gasteiger partial charge in [0.1, 0.15) is 6.04 Å². The Hall–Kier alpha value is -1.79. The van der Waals surface area contributed by atoms with E-state index in [2.05, 4.69) is 24.4 Å². The Morgan fingerprint density at radius 2 is 1.96 bits per heavy atom. The number of nitrogens with zero attached hydrogens (tertiary/aromatic N) is 1. The number of rotatable bonds is 4. The Morgan fingerprint density at radius 3 is 2.70 bits per heavy atom. The van der Waals surface area contributed by atoms with Crippen molar-refractivity contribution in [2.24, 2.45) is 5.92 Å². The van der Waals surface area contributed by atoms with E-state index in [0.29, 0.717) is 17.5 Å². The lowest BCUT2D eigenvalue weighted by Gasteiger charge is -2.24. The van der Waals surface area contributed by atoms with Crippen molar-refractivity contribution >= 4 is 40.6 Å². The SMILES string of the molecule is Cc1ccc([C@@H]2C[C@@H]2C(=O)N2CSC[C@@H]2C(=O)Nc2cccc(C)c2C)s1. The second-order valence-corrected chi connectivity index (χ2v) is 9.78. The molecule has 0 radical (unpaired) electrons. The number of thiophene rings is 1. The molecule has 27 heavy (non-hydrogen) atoms. The highest BCUT2D eigenvalue weighted by molar-refractivity contribution is 7.99. The quantitative estimate of drug-likeness (QED) is 0.832. The van der Waals surface area contributed by atoms with Crippen molar-refractivity contribution in [1.29, 1.82) is 0 Å². The molecule has 1 N–H and O–H groups in total. The summed E-state index contributed by atoms with van der Waals surface area (Å²) in [6, 6.07) is 9.78. The zero-order valence-electron chi connectivity index (χ0n) is 15.8. The molecule has 0 spiro atoms. The van der Waals surface area contributed by atoms with Gasteiger partial charge < -0.3 is 10.2 Å². The molecule has 1 aliphatic heterocycles. The number of hydrogen-bond acceptors (Lipinski definition) is 4. The van der Waals surface area contributed by atoms with Gasteiger partial charge in [0.25, 0.3) is 0 Å². The lowest BCUT2D eigenvalue weighted by Crippen LogP contribution is -2.45. The number of carbonyl (C=O) groups excluding carboxylic acids is 2. The van der Waals surface area contributed by atoms with Crippen molar-refractivity contribution in [2.45, 2.75) is 39.2 Å². The van der Waals surface area contributed by atoms with Gasteiger partial charge in [0.05, 0.1) is 5.88 Å². The first-order valence-corrected chi connectivity index (χ1v) is 11.2. The molecule has 1 saturated carbocycles. The van der Waals surface area contributed by atoms with E-state index in [0.717, 1.165) is 23.2 Å². The number of anilines is 1. The Balaban J connectivity index is 1.43. The van der Waals surface area contributed by atoms with Crippen molar-refractivity contribution in [2.75, 3.05) is 16.9 Å². The lowest BCUT2D eigenvalue weighted by atomic mass is 10.1. The smallest absolute Gasteiger partial charge is 0.248 e. The number of carbonyl (C=O) groups is 2. The minimum Gasteiger partial charge on any atom is -0.324 e. The van der Waals surface area contributed by atoms with Gasteiger partial charge in [0.2, 0.25) is 11.8 Å². The van der Waals surface area contributed by atoms with E-state index in [9.17, 15) is 9.59 Å². The minimum absolute atomic E-state index is 0.0396. The third-order valence-corrected chi connectivity index (χ3v) is 7.71. The molecule has 2 amide bonds. The fourth-order valence-electron chi connectivity index (χ4n) is 3.63. The van der Waals surface area contributed by atoms with E-state index < -0.39 is 0 Å². The number of nitrogens with one attached hydrogen (secondary N) is 1. The third-order valence-electron chi connectivity index (χ3n) is 5.56. The topological polar surface area (TPSA) is 49.4 Å². The summed E-state index contributed by atoms with van der Waals surface area (Å²) in [5.74, 6) is 1.71. The molecule has 2 fully saturated rings. The predicted octanol–water partition coefficient (Wildman–Crippen LogP) is 4.32. The van der Waals surface area contributed by atoms with Crippen molar-refractivity contribution in [3.63, 3.8) is 0 Å². The molecular weight excluding hydrogens is 376 g/mol. The first-order valence-electron chi connectivity index (χ1n) is 9.27. The van der Waals surface area contributed by atoms with Crippen LogP contribution in [0.15, 0.2) is 30.3 Å². The molecule has 2 aromatic rings. The summed E-state index contributed by atoms with van der Waals surface area (Å²) in [6.45, 7) is 6.14. The van der Waals surface area contributed by atoms with E-state index in [1.165, 1.54) is 9.75 Å². The summed E-state index contributed by atoms with van der Waals surface area (Å²) in [6.07, 6.45) is 0.908. The first kappa shape index (κ1) is 18.6. The molecule has 1 aromatic heterocycles. The zero-order valence-corrected chi connectivity index (χ0v) is 17.5. The average Bonchev–Trinajstić information content (AvgIpc) is 3.07. The Labute approximate surface area is 168 Å². The van der Waals surface area contributed by atoms with Crippen LogP contribution in [0.5, 0.6) is 0 Å². The number of benzene rings is 1. The second kappa shape index (κ2) is 7.32. The Kier molecular flexibility index (Phi) is 5.03. The largest absolute Gasteiger partial charge is 0.324 e. The van der Waals surface area contributed by atoms with E-state index in [-0.39, 0.29) is 23.8 Å². The molecule has 0 bridgehead atoms. The molecule has 2 heterocycles. The van der Waals surface area contributed by atoms with Gasteiger partial charge >= 0.3 is 0 Å². The van der Waals surface area contributed by atoms with Crippen LogP contribution in [0.3, 0.4) is 0 Å². The molecule has 1 aromatic carbocycles. The molecular formula is C21H24N2O2S2. The molecule has 1 saturated heterocycles. The molecule has 142 valence electrons. The molecule has 3 atom stereocenters. The van der Waals surface area contributed by atoms with Gasteiger partial charge in [0.15, 0.2) is 0 Å². The minimum atomic E-state index is -0.381. The third kappa shape index (κ3) is 3.65. The summed E-state index contributed by atoms with van der Waals surface area (Å²) in [5.41, 5.74) is 3.06. The van der Waals surface area contributed by atoms with Gasteiger partial charge in [-0.2, -0.15) is 0 Å². The highest BCUT2D eigenvalue weighted by Crippen LogP contribution is 2.51. The second-order valence-electron chi connectivity index (χ2n) is 7.46. The van der Waals surface area contributed by atoms with Crippen LogP contribution in [0.1, 0.15) is 33.2 Å². The average molecular weight is 401 g/mol. The van der Waals surface area contributed by atoms with Crippen molar-refractivity contribution in [3.05, 3.63) is 51.2 Å². The van der Waals surface area contributed by atoms with Gasteiger partial charge in [-0.05, 0) is 56.5 Å². The normalized spacial score (nSPS) is 24.1. The summed E-state index contributed by atoms with van der Waals surface area (Å²) >= 11 is 3.44. The monoisotopic (exact) mass is 400 g/mol. The molecule has 0 unspecified atom stereocenters. The Bertz CT molecular complexity index is 892. The van der Waals surface area contributed by atoms with Crippen molar-refractivity contribution in [3.8, 4) is 0 Å². The van der Waals surface area contributed by atoms with Crippen molar-refractivity contribution < 1.29 is 9.59 Å². The van der Waals surface area contributed by atoms with Gasteiger partial charge in [0, 0.05) is 33.0 Å². The Morgan fingerprint density at radius 1 is 1.15 bits per heavy atom. The van der Waals surface area contributed by atoms with Gasteiger partial charge in [-0.15, -0.1) is 23.1 Å². The molecule has 4 nitrogen and oxygen atoms in total.